The van der Waals surface area contributed by atoms with Gasteiger partial charge in [0, 0.05) is 29.4 Å². The van der Waals surface area contributed by atoms with E-state index in [1.165, 1.54) is 4.31 Å². The van der Waals surface area contributed by atoms with Crippen LogP contribution in [0, 0.1) is 0 Å². The molecule has 0 spiro atoms. The van der Waals surface area contributed by atoms with Crippen LogP contribution in [-0.4, -0.2) is 47.7 Å². The third kappa shape index (κ3) is 5.50. The van der Waals surface area contributed by atoms with Crippen molar-refractivity contribution in [1.82, 2.24) is 14.5 Å². The normalized spacial score (nSPS) is 14.9. The number of anilines is 1. The summed E-state index contributed by atoms with van der Waals surface area (Å²) < 4.78 is 32.7. The van der Waals surface area contributed by atoms with Gasteiger partial charge in [0.1, 0.15) is 0 Å². The molecule has 8 nitrogen and oxygen atoms in total. The number of hydrogen-bond donors (Lipinski definition) is 1. The predicted octanol–water partition coefficient (Wildman–Crippen LogP) is 4.30. The summed E-state index contributed by atoms with van der Waals surface area (Å²) in [7, 11) is -3.49. The molecular formula is C21H21ClN4O4S2. The van der Waals surface area contributed by atoms with Gasteiger partial charge in [-0.15, -0.1) is 10.2 Å². The maximum atomic E-state index is 12.8. The van der Waals surface area contributed by atoms with Crippen LogP contribution in [0.2, 0.25) is 5.02 Å². The molecule has 1 N–H and O–H groups in total. The Kier molecular flexibility index (Phi) is 7.14. The summed E-state index contributed by atoms with van der Waals surface area (Å²) in [6, 6.07) is 13.2. The fourth-order valence-corrected chi connectivity index (χ4v) is 5.47. The van der Waals surface area contributed by atoms with E-state index in [2.05, 4.69) is 15.5 Å². The number of thioether (sulfide) groups is 1. The van der Waals surface area contributed by atoms with Crippen LogP contribution in [0.3, 0.4) is 0 Å². The molecule has 32 heavy (non-hydrogen) atoms. The third-order valence-electron chi connectivity index (χ3n) is 4.92. The molecule has 1 saturated heterocycles. The first kappa shape index (κ1) is 22.8. The van der Waals surface area contributed by atoms with Gasteiger partial charge in [0.25, 0.3) is 5.22 Å². The van der Waals surface area contributed by atoms with E-state index in [0.717, 1.165) is 31.0 Å². The quantitative estimate of drug-likeness (QED) is 0.490. The van der Waals surface area contributed by atoms with Gasteiger partial charge in [-0.2, -0.15) is 4.31 Å². The summed E-state index contributed by atoms with van der Waals surface area (Å²) in [4.78, 5) is 12.3. The lowest BCUT2D eigenvalue weighted by molar-refractivity contribution is -0.113. The van der Waals surface area contributed by atoms with Crippen molar-refractivity contribution >= 4 is 45.0 Å². The number of aromatic nitrogens is 2. The average molecular weight is 493 g/mol. The van der Waals surface area contributed by atoms with Gasteiger partial charge in [-0.05, 0) is 61.4 Å². The van der Waals surface area contributed by atoms with Crippen molar-refractivity contribution in [2.75, 3.05) is 24.2 Å². The molecule has 1 amide bonds. The molecule has 168 valence electrons. The maximum Gasteiger partial charge on any atom is 0.277 e. The van der Waals surface area contributed by atoms with E-state index in [0.29, 0.717) is 29.4 Å². The minimum atomic E-state index is -3.49. The Morgan fingerprint density at radius 2 is 1.72 bits per heavy atom. The van der Waals surface area contributed by atoms with Crippen LogP contribution in [0.5, 0.6) is 0 Å². The van der Waals surface area contributed by atoms with Crippen LogP contribution in [0.15, 0.2) is 63.1 Å². The Labute approximate surface area is 195 Å². The lowest BCUT2D eigenvalue weighted by atomic mass is 10.2. The van der Waals surface area contributed by atoms with E-state index >= 15 is 0 Å². The second kappa shape index (κ2) is 10.0. The van der Waals surface area contributed by atoms with Crippen LogP contribution in [0.1, 0.15) is 19.3 Å². The van der Waals surface area contributed by atoms with Gasteiger partial charge in [-0.25, -0.2) is 8.42 Å². The summed E-state index contributed by atoms with van der Waals surface area (Å²) in [6.45, 7) is 1.11. The summed E-state index contributed by atoms with van der Waals surface area (Å²) in [5.41, 5.74) is 1.25. The second-order valence-corrected chi connectivity index (χ2v) is 10.5. The van der Waals surface area contributed by atoms with Gasteiger partial charge in [0.05, 0.1) is 10.6 Å². The number of carbonyl (C=O) groups is 1. The van der Waals surface area contributed by atoms with Crippen molar-refractivity contribution < 1.29 is 17.6 Å². The zero-order valence-electron chi connectivity index (χ0n) is 17.0. The largest absolute Gasteiger partial charge is 0.411 e. The van der Waals surface area contributed by atoms with Crippen molar-refractivity contribution in [1.29, 1.82) is 0 Å². The van der Waals surface area contributed by atoms with Gasteiger partial charge < -0.3 is 9.73 Å². The molecule has 0 aliphatic carbocycles. The van der Waals surface area contributed by atoms with Gasteiger partial charge in [0.15, 0.2) is 0 Å². The molecule has 1 aromatic heterocycles. The monoisotopic (exact) mass is 492 g/mol. The standard InChI is InChI=1S/C21H21ClN4O4S2/c22-16-6-8-17(9-7-16)23-19(27)14-31-21-25-24-20(30-21)15-4-10-18(11-5-15)32(28,29)26-12-2-1-3-13-26/h4-11H,1-3,12-14H2,(H,23,27). The lowest BCUT2D eigenvalue weighted by Crippen LogP contribution is -2.35. The van der Waals surface area contributed by atoms with Gasteiger partial charge in [0.2, 0.25) is 21.8 Å². The zero-order valence-corrected chi connectivity index (χ0v) is 19.4. The number of carbonyl (C=O) groups excluding carboxylic acids is 1. The van der Waals surface area contributed by atoms with E-state index in [1.807, 2.05) is 0 Å². The number of halogens is 1. The molecule has 1 aliphatic heterocycles. The Morgan fingerprint density at radius 1 is 1.03 bits per heavy atom. The highest BCUT2D eigenvalue weighted by molar-refractivity contribution is 7.99. The van der Waals surface area contributed by atoms with Crippen molar-refractivity contribution in [2.45, 2.75) is 29.4 Å². The van der Waals surface area contributed by atoms with E-state index < -0.39 is 10.0 Å². The molecule has 11 heteroatoms. The van der Waals surface area contributed by atoms with E-state index in [9.17, 15) is 13.2 Å². The second-order valence-electron chi connectivity index (χ2n) is 7.21. The topological polar surface area (TPSA) is 105 Å². The molecule has 0 saturated carbocycles. The molecule has 2 heterocycles. The lowest BCUT2D eigenvalue weighted by Gasteiger charge is -2.25. The Hall–Kier alpha value is -2.40. The van der Waals surface area contributed by atoms with Gasteiger partial charge in [-0.3, -0.25) is 4.79 Å². The first-order chi connectivity index (χ1) is 15.4. The van der Waals surface area contributed by atoms with Crippen LogP contribution in [0.25, 0.3) is 11.5 Å². The molecular weight excluding hydrogens is 472 g/mol. The molecule has 1 fully saturated rings. The highest BCUT2D eigenvalue weighted by atomic mass is 35.5. The molecule has 0 atom stereocenters. The number of nitrogens with zero attached hydrogens (tertiary/aromatic N) is 3. The van der Waals surface area contributed by atoms with E-state index in [1.54, 1.807) is 48.5 Å². The Morgan fingerprint density at radius 3 is 2.41 bits per heavy atom. The summed E-state index contributed by atoms with van der Waals surface area (Å²) in [5.74, 6) is 0.133. The summed E-state index contributed by atoms with van der Waals surface area (Å²) in [6.07, 6.45) is 2.83. The van der Waals surface area contributed by atoms with Crippen LogP contribution in [-0.2, 0) is 14.8 Å². The SMILES string of the molecule is O=C(CSc1nnc(-c2ccc(S(=O)(=O)N3CCCCC3)cc2)o1)Nc1ccc(Cl)cc1. The number of amides is 1. The zero-order chi connectivity index (χ0) is 22.6. The Balaban J connectivity index is 1.35. The van der Waals surface area contributed by atoms with Crippen LogP contribution >= 0.6 is 23.4 Å². The van der Waals surface area contributed by atoms with Crippen molar-refractivity contribution in [2.24, 2.45) is 0 Å². The molecule has 0 bridgehead atoms. The smallest absolute Gasteiger partial charge is 0.277 e. The molecule has 0 unspecified atom stereocenters. The van der Waals surface area contributed by atoms with Crippen LogP contribution in [0.4, 0.5) is 5.69 Å². The number of benzene rings is 2. The maximum absolute atomic E-state index is 12.8. The van der Waals surface area contributed by atoms with E-state index in [-0.39, 0.29) is 27.7 Å². The first-order valence-electron chi connectivity index (χ1n) is 10.0. The van der Waals surface area contributed by atoms with Crippen molar-refractivity contribution in [3.05, 3.63) is 53.6 Å². The summed E-state index contributed by atoms with van der Waals surface area (Å²) in [5, 5.41) is 11.5. The van der Waals surface area contributed by atoms with Gasteiger partial charge >= 0.3 is 0 Å². The highest BCUT2D eigenvalue weighted by Crippen LogP contribution is 2.26. The molecule has 0 radical (unpaired) electrons. The average Bonchev–Trinajstić information content (AvgIpc) is 3.29. The van der Waals surface area contributed by atoms with Gasteiger partial charge in [-0.1, -0.05) is 29.8 Å². The van der Waals surface area contributed by atoms with E-state index in [4.69, 9.17) is 16.0 Å². The number of nitrogens with one attached hydrogen (secondary N) is 1. The number of hydrogen-bond acceptors (Lipinski definition) is 7. The first-order valence-corrected chi connectivity index (χ1v) is 12.8. The minimum absolute atomic E-state index is 0.0945. The fraction of sp³-hybridized carbons (Fsp3) is 0.286. The minimum Gasteiger partial charge on any atom is -0.411 e. The number of sulfonamides is 1. The summed E-state index contributed by atoms with van der Waals surface area (Å²) >= 11 is 6.94. The molecule has 4 rings (SSSR count). The molecule has 3 aromatic rings. The van der Waals surface area contributed by atoms with Crippen molar-refractivity contribution in [3.63, 3.8) is 0 Å². The number of rotatable bonds is 7. The highest BCUT2D eigenvalue weighted by Gasteiger charge is 2.26. The fourth-order valence-electron chi connectivity index (χ4n) is 3.27. The predicted molar refractivity (Wildman–Crippen MR) is 123 cm³/mol. The molecule has 2 aromatic carbocycles. The number of piperidine rings is 1. The van der Waals surface area contributed by atoms with Crippen molar-refractivity contribution in [3.8, 4) is 11.5 Å². The molecule has 1 aliphatic rings. The van der Waals surface area contributed by atoms with Crippen LogP contribution < -0.4 is 5.32 Å². The Bertz CT molecular complexity index is 1180. The third-order valence-corrected chi connectivity index (χ3v) is 7.90.